The highest BCUT2D eigenvalue weighted by Crippen LogP contribution is 2.59. The minimum atomic E-state index is -0.197. The van der Waals surface area contributed by atoms with Crippen molar-refractivity contribution in [3.05, 3.63) is 196 Å². The average molecular weight is 762 g/mol. The first-order valence-corrected chi connectivity index (χ1v) is 21.3. The summed E-state index contributed by atoms with van der Waals surface area (Å²) in [5.74, 6) is 0. The molecule has 3 aliphatic rings. The second-order valence-electron chi connectivity index (χ2n) is 19.2. The standard InChI is InChI=1S/C58H51N/c1-34-19-22-37(23-20-34)59(38-24-26-42-41-15-12-13-17-49(41)56(4,5)50(42)29-38)39-25-27-43-47-32-53-48(33-52(47)57(6,7)51(43)30-39)55-44-16-11-10-14-40(44)46(31-54(55)58(53,8)9)45-28-35(2)18-21-36(45)3/h10-33H,1-9H3. The van der Waals surface area contributed by atoms with Crippen LogP contribution in [0, 0.1) is 20.8 Å². The number of nitrogens with zero attached hydrogens (tertiary/aromatic N) is 1. The predicted molar refractivity (Wildman–Crippen MR) is 251 cm³/mol. The fourth-order valence-electron chi connectivity index (χ4n) is 11.2. The highest BCUT2D eigenvalue weighted by Gasteiger charge is 2.43. The van der Waals surface area contributed by atoms with Crippen LogP contribution in [0.5, 0.6) is 0 Å². The number of hydrogen-bond donors (Lipinski definition) is 0. The van der Waals surface area contributed by atoms with Gasteiger partial charge in [0.05, 0.1) is 0 Å². The Balaban J connectivity index is 1.06. The van der Waals surface area contributed by atoms with Crippen LogP contribution in [0.25, 0.3) is 55.3 Å². The van der Waals surface area contributed by atoms with E-state index < -0.39 is 0 Å². The van der Waals surface area contributed by atoms with Gasteiger partial charge in [-0.1, -0.05) is 144 Å². The van der Waals surface area contributed by atoms with Gasteiger partial charge in [-0.3, -0.25) is 0 Å². The van der Waals surface area contributed by atoms with Gasteiger partial charge >= 0.3 is 0 Å². The molecule has 1 nitrogen and oxygen atoms in total. The van der Waals surface area contributed by atoms with Crippen LogP contribution < -0.4 is 4.90 Å². The van der Waals surface area contributed by atoms with Crippen molar-refractivity contribution in [2.75, 3.05) is 4.90 Å². The van der Waals surface area contributed by atoms with Crippen molar-refractivity contribution in [2.24, 2.45) is 0 Å². The minimum Gasteiger partial charge on any atom is -0.310 e. The highest BCUT2D eigenvalue weighted by molar-refractivity contribution is 6.10. The number of rotatable bonds is 4. The van der Waals surface area contributed by atoms with Crippen molar-refractivity contribution in [3.63, 3.8) is 0 Å². The molecule has 0 radical (unpaired) electrons. The number of anilines is 3. The molecule has 0 fully saturated rings. The van der Waals surface area contributed by atoms with Gasteiger partial charge in [0, 0.05) is 33.3 Å². The molecule has 0 atom stereocenters. The topological polar surface area (TPSA) is 3.24 Å². The van der Waals surface area contributed by atoms with Gasteiger partial charge in [-0.2, -0.15) is 0 Å². The van der Waals surface area contributed by atoms with Crippen molar-refractivity contribution in [1.29, 1.82) is 0 Å². The Kier molecular flexibility index (Phi) is 7.42. The van der Waals surface area contributed by atoms with E-state index in [1.165, 1.54) is 122 Å². The molecule has 288 valence electrons. The van der Waals surface area contributed by atoms with Crippen LogP contribution in [-0.2, 0) is 16.2 Å². The second kappa shape index (κ2) is 12.2. The second-order valence-corrected chi connectivity index (χ2v) is 19.2. The molecular weight excluding hydrogens is 711 g/mol. The summed E-state index contributed by atoms with van der Waals surface area (Å²) < 4.78 is 0. The van der Waals surface area contributed by atoms with Crippen LogP contribution in [0.4, 0.5) is 17.1 Å². The summed E-state index contributed by atoms with van der Waals surface area (Å²) in [6, 6.07) is 55.9. The lowest BCUT2D eigenvalue weighted by Gasteiger charge is -2.30. The Morgan fingerprint density at radius 3 is 1.53 bits per heavy atom. The van der Waals surface area contributed by atoms with Gasteiger partial charge in [-0.05, 0) is 170 Å². The number of fused-ring (bicyclic) bond motifs is 11. The minimum absolute atomic E-state index is 0.0817. The van der Waals surface area contributed by atoms with Crippen LogP contribution in [0.15, 0.2) is 146 Å². The molecule has 0 amide bonds. The Labute approximate surface area is 350 Å². The van der Waals surface area contributed by atoms with Crippen LogP contribution in [0.3, 0.4) is 0 Å². The molecule has 0 bridgehead atoms. The maximum atomic E-state index is 2.57. The molecule has 0 aromatic heterocycles. The number of benzene rings is 8. The normalized spacial score (nSPS) is 15.6. The Morgan fingerprint density at radius 1 is 0.322 bits per heavy atom. The molecular formula is C58H51N. The van der Waals surface area contributed by atoms with Gasteiger partial charge in [-0.25, -0.2) is 0 Å². The molecule has 0 saturated heterocycles. The zero-order valence-electron chi connectivity index (χ0n) is 35.8. The Bertz CT molecular complexity index is 3100. The van der Waals surface area contributed by atoms with E-state index in [9.17, 15) is 0 Å². The van der Waals surface area contributed by atoms with Crippen molar-refractivity contribution in [2.45, 2.75) is 78.6 Å². The Morgan fingerprint density at radius 2 is 0.814 bits per heavy atom. The third-order valence-electron chi connectivity index (χ3n) is 14.5. The van der Waals surface area contributed by atoms with Crippen molar-refractivity contribution in [3.8, 4) is 44.5 Å². The van der Waals surface area contributed by atoms with Crippen LogP contribution >= 0.6 is 0 Å². The van der Waals surface area contributed by atoms with Gasteiger partial charge in [0.2, 0.25) is 0 Å². The Hall–Kier alpha value is -6.18. The SMILES string of the molecule is Cc1ccc(N(c2ccc3c(c2)C(C)(C)c2ccccc2-3)c2ccc3c(c2)C(C)(C)c2cc4c(cc2-3)C(C)(C)c2cc(-c3cc(C)ccc3C)c3ccccc3c2-4)cc1. The van der Waals surface area contributed by atoms with Crippen molar-refractivity contribution < 1.29 is 0 Å². The number of hydrogen-bond acceptors (Lipinski definition) is 1. The molecule has 0 unspecified atom stereocenters. The molecule has 0 aliphatic heterocycles. The number of aryl methyl sites for hydroxylation is 3. The molecule has 8 aromatic rings. The van der Waals surface area contributed by atoms with Crippen LogP contribution in [-0.4, -0.2) is 0 Å². The average Bonchev–Trinajstić information content (AvgIpc) is 3.70. The maximum absolute atomic E-state index is 2.57. The lowest BCUT2D eigenvalue weighted by atomic mass is 9.78. The lowest BCUT2D eigenvalue weighted by molar-refractivity contribution is 0.652. The molecule has 0 saturated carbocycles. The zero-order valence-corrected chi connectivity index (χ0v) is 35.8. The van der Waals surface area contributed by atoms with E-state index >= 15 is 0 Å². The van der Waals surface area contributed by atoms with Gasteiger partial charge in [0.15, 0.2) is 0 Å². The van der Waals surface area contributed by atoms with Gasteiger partial charge < -0.3 is 4.90 Å². The summed E-state index contributed by atoms with van der Waals surface area (Å²) in [5.41, 5.74) is 26.3. The summed E-state index contributed by atoms with van der Waals surface area (Å²) in [5, 5.41) is 2.67. The summed E-state index contributed by atoms with van der Waals surface area (Å²) in [4.78, 5) is 2.47. The van der Waals surface area contributed by atoms with E-state index in [4.69, 9.17) is 0 Å². The predicted octanol–water partition coefficient (Wildman–Crippen LogP) is 15.8. The highest BCUT2D eigenvalue weighted by atomic mass is 15.1. The molecule has 1 heteroatoms. The van der Waals surface area contributed by atoms with Crippen LogP contribution in [0.2, 0.25) is 0 Å². The van der Waals surface area contributed by atoms with Crippen LogP contribution in [0.1, 0.15) is 91.6 Å². The van der Waals surface area contributed by atoms with E-state index in [1.54, 1.807) is 0 Å². The molecule has 0 N–H and O–H groups in total. The molecule has 3 aliphatic carbocycles. The fourth-order valence-corrected chi connectivity index (χ4v) is 11.2. The molecule has 0 heterocycles. The quantitative estimate of drug-likeness (QED) is 0.173. The largest absolute Gasteiger partial charge is 0.310 e. The fraction of sp³-hybridized carbons (Fsp3) is 0.207. The summed E-state index contributed by atoms with van der Waals surface area (Å²) in [6.07, 6.45) is 0. The molecule has 11 rings (SSSR count). The molecule has 8 aromatic carbocycles. The molecule has 0 spiro atoms. The summed E-state index contributed by atoms with van der Waals surface area (Å²) in [6.45, 7) is 21.1. The van der Waals surface area contributed by atoms with E-state index in [0.29, 0.717) is 0 Å². The smallest absolute Gasteiger partial charge is 0.0465 e. The first-order valence-electron chi connectivity index (χ1n) is 21.3. The van der Waals surface area contributed by atoms with E-state index in [0.717, 1.165) is 0 Å². The maximum Gasteiger partial charge on any atom is 0.0465 e. The summed E-state index contributed by atoms with van der Waals surface area (Å²) >= 11 is 0. The summed E-state index contributed by atoms with van der Waals surface area (Å²) in [7, 11) is 0. The third-order valence-corrected chi connectivity index (χ3v) is 14.5. The van der Waals surface area contributed by atoms with E-state index in [1.807, 2.05) is 0 Å². The van der Waals surface area contributed by atoms with E-state index in [-0.39, 0.29) is 16.2 Å². The monoisotopic (exact) mass is 761 g/mol. The lowest BCUT2D eigenvalue weighted by Crippen LogP contribution is -2.18. The van der Waals surface area contributed by atoms with Crippen molar-refractivity contribution in [1.82, 2.24) is 0 Å². The van der Waals surface area contributed by atoms with Gasteiger partial charge in [-0.15, -0.1) is 0 Å². The zero-order chi connectivity index (χ0) is 40.7. The first-order chi connectivity index (χ1) is 28.2. The third kappa shape index (κ3) is 4.97. The van der Waals surface area contributed by atoms with E-state index in [2.05, 4.69) is 213 Å². The van der Waals surface area contributed by atoms with Gasteiger partial charge in [0.25, 0.3) is 0 Å². The van der Waals surface area contributed by atoms with Crippen molar-refractivity contribution >= 4 is 27.8 Å². The molecule has 59 heavy (non-hydrogen) atoms. The first kappa shape index (κ1) is 35.9. The van der Waals surface area contributed by atoms with Gasteiger partial charge in [0.1, 0.15) is 0 Å².